The molecule has 2 aromatic carbocycles. The van der Waals surface area contributed by atoms with Crippen molar-refractivity contribution in [1.29, 1.82) is 0 Å². The van der Waals surface area contributed by atoms with Gasteiger partial charge in [-0.05, 0) is 43.7 Å². The first kappa shape index (κ1) is 17.2. The number of hydrogen-bond acceptors (Lipinski definition) is 4. The van der Waals surface area contributed by atoms with Crippen molar-refractivity contribution in [2.24, 2.45) is 0 Å². The van der Waals surface area contributed by atoms with Crippen LogP contribution in [0.5, 0.6) is 0 Å². The molecule has 0 saturated carbocycles. The van der Waals surface area contributed by atoms with Gasteiger partial charge in [0, 0.05) is 10.4 Å². The molecule has 0 aliphatic carbocycles. The van der Waals surface area contributed by atoms with Crippen LogP contribution in [0.2, 0.25) is 5.02 Å². The standard InChI is InChI=1S/C20H15ClN2OS2/c1-11-12(2)25-20(23-18(24)13-7-3-4-8-14(13)21)17(11)19-22-15-9-5-6-10-16(15)26-19/h3-10H,1-2H3,(H,23,24). The number of thiophene rings is 1. The summed E-state index contributed by atoms with van der Waals surface area (Å²) in [7, 11) is 0. The number of aromatic nitrogens is 1. The van der Waals surface area contributed by atoms with Gasteiger partial charge in [0.2, 0.25) is 0 Å². The molecule has 0 aliphatic rings. The van der Waals surface area contributed by atoms with Crippen molar-refractivity contribution in [3.8, 4) is 10.6 Å². The van der Waals surface area contributed by atoms with Crippen molar-refractivity contribution in [1.82, 2.24) is 4.98 Å². The molecule has 4 rings (SSSR count). The van der Waals surface area contributed by atoms with Gasteiger partial charge in [-0.15, -0.1) is 22.7 Å². The van der Waals surface area contributed by atoms with Crippen LogP contribution in [-0.4, -0.2) is 10.9 Å². The lowest BCUT2D eigenvalue weighted by atomic mass is 10.1. The molecule has 0 aliphatic heterocycles. The lowest BCUT2D eigenvalue weighted by molar-refractivity contribution is 0.102. The van der Waals surface area contributed by atoms with Crippen molar-refractivity contribution in [3.05, 3.63) is 69.6 Å². The number of carbonyl (C=O) groups is 1. The van der Waals surface area contributed by atoms with Crippen molar-refractivity contribution < 1.29 is 4.79 Å². The van der Waals surface area contributed by atoms with E-state index in [0.29, 0.717) is 10.6 Å². The summed E-state index contributed by atoms with van der Waals surface area (Å²) in [5.41, 5.74) is 3.57. The summed E-state index contributed by atoms with van der Waals surface area (Å²) < 4.78 is 1.13. The van der Waals surface area contributed by atoms with E-state index >= 15 is 0 Å². The number of para-hydroxylation sites is 1. The van der Waals surface area contributed by atoms with Gasteiger partial charge < -0.3 is 5.32 Å². The Morgan fingerprint density at radius 3 is 2.54 bits per heavy atom. The minimum Gasteiger partial charge on any atom is -0.313 e. The molecule has 2 aromatic heterocycles. The fourth-order valence-electron chi connectivity index (χ4n) is 2.77. The minimum absolute atomic E-state index is 0.209. The van der Waals surface area contributed by atoms with E-state index < -0.39 is 0 Å². The number of thiazole rings is 1. The van der Waals surface area contributed by atoms with Crippen molar-refractivity contribution in [2.75, 3.05) is 5.32 Å². The van der Waals surface area contributed by atoms with Crippen LogP contribution in [0.3, 0.4) is 0 Å². The highest BCUT2D eigenvalue weighted by Crippen LogP contribution is 2.43. The Morgan fingerprint density at radius 2 is 1.77 bits per heavy atom. The molecule has 130 valence electrons. The summed E-state index contributed by atoms with van der Waals surface area (Å²) in [5, 5.41) is 5.20. The number of halogens is 1. The van der Waals surface area contributed by atoms with Crippen LogP contribution >= 0.6 is 34.3 Å². The van der Waals surface area contributed by atoms with Gasteiger partial charge in [0.05, 0.1) is 20.8 Å². The zero-order chi connectivity index (χ0) is 18.3. The third kappa shape index (κ3) is 3.03. The van der Waals surface area contributed by atoms with Crippen LogP contribution in [0.15, 0.2) is 48.5 Å². The molecule has 1 amide bonds. The monoisotopic (exact) mass is 398 g/mol. The molecular formula is C20H15ClN2OS2. The first-order valence-electron chi connectivity index (χ1n) is 8.06. The summed E-state index contributed by atoms with van der Waals surface area (Å²) in [6.45, 7) is 4.13. The van der Waals surface area contributed by atoms with Gasteiger partial charge >= 0.3 is 0 Å². The molecule has 2 heterocycles. The Kier molecular flexibility index (Phi) is 4.53. The van der Waals surface area contributed by atoms with Gasteiger partial charge in [0.1, 0.15) is 10.0 Å². The van der Waals surface area contributed by atoms with Crippen molar-refractivity contribution in [2.45, 2.75) is 13.8 Å². The highest BCUT2D eigenvalue weighted by Gasteiger charge is 2.20. The number of carbonyl (C=O) groups excluding carboxylic acids is 1. The van der Waals surface area contributed by atoms with E-state index in [2.05, 4.69) is 25.2 Å². The van der Waals surface area contributed by atoms with Gasteiger partial charge in [-0.25, -0.2) is 4.98 Å². The zero-order valence-electron chi connectivity index (χ0n) is 14.2. The molecule has 6 heteroatoms. The van der Waals surface area contributed by atoms with Gasteiger partial charge in [0.15, 0.2) is 0 Å². The minimum atomic E-state index is -0.209. The number of anilines is 1. The molecule has 0 bridgehead atoms. The van der Waals surface area contributed by atoms with Crippen molar-refractivity contribution in [3.63, 3.8) is 0 Å². The number of nitrogens with one attached hydrogen (secondary N) is 1. The molecular weight excluding hydrogens is 384 g/mol. The number of rotatable bonds is 3. The summed E-state index contributed by atoms with van der Waals surface area (Å²) >= 11 is 9.37. The number of aryl methyl sites for hydroxylation is 1. The Hall–Kier alpha value is -2.21. The number of nitrogens with zero attached hydrogens (tertiary/aromatic N) is 1. The molecule has 0 unspecified atom stereocenters. The maximum atomic E-state index is 12.7. The van der Waals surface area contributed by atoms with Crippen LogP contribution in [0, 0.1) is 13.8 Å². The van der Waals surface area contributed by atoms with E-state index in [1.54, 1.807) is 40.9 Å². The van der Waals surface area contributed by atoms with E-state index in [0.717, 1.165) is 36.2 Å². The molecule has 0 radical (unpaired) electrons. The fourth-order valence-corrected chi connectivity index (χ4v) is 5.18. The summed E-state index contributed by atoms with van der Waals surface area (Å²) in [6.07, 6.45) is 0. The second-order valence-electron chi connectivity index (χ2n) is 5.91. The number of hydrogen-bond donors (Lipinski definition) is 1. The Balaban J connectivity index is 1.77. The average molecular weight is 399 g/mol. The zero-order valence-corrected chi connectivity index (χ0v) is 16.6. The smallest absolute Gasteiger partial charge is 0.257 e. The number of amides is 1. The van der Waals surface area contributed by atoms with Crippen LogP contribution in [0.4, 0.5) is 5.00 Å². The molecule has 0 spiro atoms. The maximum Gasteiger partial charge on any atom is 0.257 e. The van der Waals surface area contributed by atoms with E-state index in [-0.39, 0.29) is 5.91 Å². The van der Waals surface area contributed by atoms with Crippen molar-refractivity contribution >= 4 is 55.4 Å². The molecule has 26 heavy (non-hydrogen) atoms. The largest absolute Gasteiger partial charge is 0.313 e. The first-order chi connectivity index (χ1) is 12.5. The highest BCUT2D eigenvalue weighted by molar-refractivity contribution is 7.22. The summed E-state index contributed by atoms with van der Waals surface area (Å²) in [4.78, 5) is 18.6. The second-order valence-corrected chi connectivity index (χ2v) is 8.57. The molecule has 4 aromatic rings. The van der Waals surface area contributed by atoms with Crippen LogP contribution in [0.1, 0.15) is 20.8 Å². The third-order valence-electron chi connectivity index (χ3n) is 4.24. The Bertz CT molecular complexity index is 1100. The highest BCUT2D eigenvalue weighted by atomic mass is 35.5. The normalized spacial score (nSPS) is 11.0. The molecule has 0 saturated heterocycles. The van der Waals surface area contributed by atoms with Crippen LogP contribution in [0.25, 0.3) is 20.8 Å². The second kappa shape index (κ2) is 6.83. The molecule has 3 nitrogen and oxygen atoms in total. The van der Waals surface area contributed by atoms with Gasteiger partial charge in [-0.3, -0.25) is 4.79 Å². The van der Waals surface area contributed by atoms with E-state index in [1.165, 1.54) is 0 Å². The summed E-state index contributed by atoms with van der Waals surface area (Å²) in [5.74, 6) is -0.209. The Labute approximate surface area is 164 Å². The van der Waals surface area contributed by atoms with Crippen LogP contribution in [-0.2, 0) is 0 Å². The first-order valence-corrected chi connectivity index (χ1v) is 10.1. The molecule has 0 atom stereocenters. The Morgan fingerprint density at radius 1 is 1.04 bits per heavy atom. The van der Waals surface area contributed by atoms with E-state index in [4.69, 9.17) is 16.6 Å². The van der Waals surface area contributed by atoms with Gasteiger partial charge in [0.25, 0.3) is 5.91 Å². The number of fused-ring (bicyclic) bond motifs is 1. The fraction of sp³-hybridized carbons (Fsp3) is 0.100. The average Bonchev–Trinajstić information content (AvgIpc) is 3.16. The lowest BCUT2D eigenvalue weighted by Crippen LogP contribution is -2.12. The van der Waals surface area contributed by atoms with Gasteiger partial charge in [-0.2, -0.15) is 0 Å². The maximum absolute atomic E-state index is 12.7. The predicted molar refractivity (Wildman–Crippen MR) is 112 cm³/mol. The summed E-state index contributed by atoms with van der Waals surface area (Å²) in [6, 6.07) is 15.1. The van der Waals surface area contributed by atoms with Gasteiger partial charge in [-0.1, -0.05) is 35.9 Å². The number of benzene rings is 2. The topological polar surface area (TPSA) is 42.0 Å². The van der Waals surface area contributed by atoms with Crippen LogP contribution < -0.4 is 5.32 Å². The van der Waals surface area contributed by atoms with E-state index in [9.17, 15) is 4.79 Å². The SMILES string of the molecule is Cc1sc(NC(=O)c2ccccc2Cl)c(-c2nc3ccccc3s2)c1C. The predicted octanol–water partition coefficient (Wildman–Crippen LogP) is 6.55. The van der Waals surface area contributed by atoms with E-state index in [1.807, 2.05) is 24.3 Å². The molecule has 0 fully saturated rings. The quantitative estimate of drug-likeness (QED) is 0.425. The molecule has 1 N–H and O–H groups in total. The third-order valence-corrected chi connectivity index (χ3v) is 6.74. The lowest BCUT2D eigenvalue weighted by Gasteiger charge is -2.07.